The summed E-state index contributed by atoms with van der Waals surface area (Å²) >= 11 is 6.06. The van der Waals surface area contributed by atoms with Crippen molar-refractivity contribution in [2.75, 3.05) is 6.54 Å². The summed E-state index contributed by atoms with van der Waals surface area (Å²) < 4.78 is 15.4. The molecular formula is C28H27ClFN3O2. The minimum absolute atomic E-state index is 0.0525. The van der Waals surface area contributed by atoms with Crippen molar-refractivity contribution in [2.24, 2.45) is 0 Å². The van der Waals surface area contributed by atoms with Crippen LogP contribution in [-0.4, -0.2) is 26.9 Å². The average Bonchev–Trinajstić information content (AvgIpc) is 2.86. The smallest absolute Gasteiger partial charge is 0.266 e. The Bertz CT molecular complexity index is 1400. The molecule has 4 aromatic rings. The second kappa shape index (κ2) is 10.8. The maximum absolute atomic E-state index is 13.9. The van der Waals surface area contributed by atoms with Crippen LogP contribution in [0.5, 0.6) is 0 Å². The molecule has 180 valence electrons. The highest BCUT2D eigenvalue weighted by Crippen LogP contribution is 2.26. The minimum atomic E-state index is -0.575. The fraction of sp³-hybridized carbons (Fsp3) is 0.250. The molecule has 4 rings (SSSR count). The van der Waals surface area contributed by atoms with Crippen molar-refractivity contribution in [1.82, 2.24) is 14.5 Å². The van der Waals surface area contributed by atoms with Gasteiger partial charge >= 0.3 is 0 Å². The first-order valence-corrected chi connectivity index (χ1v) is 12.1. The number of halogens is 2. The SMILES string of the molecule is CCCCN(C(=O)Cc1ccccc1)C(C)c1nc2ccccc2c(=O)n1-c1ccc(F)c(Cl)c1. The lowest BCUT2D eigenvalue weighted by Crippen LogP contribution is -2.39. The van der Waals surface area contributed by atoms with Gasteiger partial charge in [-0.25, -0.2) is 9.37 Å². The molecule has 0 saturated carbocycles. The first-order chi connectivity index (χ1) is 16.9. The highest BCUT2D eigenvalue weighted by atomic mass is 35.5. The Labute approximate surface area is 208 Å². The van der Waals surface area contributed by atoms with Crippen LogP contribution in [0.25, 0.3) is 16.6 Å². The van der Waals surface area contributed by atoms with Crippen LogP contribution in [0.3, 0.4) is 0 Å². The van der Waals surface area contributed by atoms with Gasteiger partial charge in [-0.1, -0.05) is 67.4 Å². The van der Waals surface area contributed by atoms with Gasteiger partial charge < -0.3 is 4.90 Å². The van der Waals surface area contributed by atoms with E-state index >= 15 is 0 Å². The number of unbranched alkanes of at least 4 members (excludes halogenated alkanes) is 1. The first-order valence-electron chi connectivity index (χ1n) is 11.7. The quantitative estimate of drug-likeness (QED) is 0.299. The van der Waals surface area contributed by atoms with Crippen molar-refractivity contribution in [3.63, 3.8) is 0 Å². The normalized spacial score (nSPS) is 12.0. The number of amides is 1. The lowest BCUT2D eigenvalue weighted by Gasteiger charge is -2.31. The monoisotopic (exact) mass is 491 g/mol. The Balaban J connectivity index is 1.85. The van der Waals surface area contributed by atoms with Gasteiger partial charge in [0.05, 0.1) is 34.1 Å². The summed E-state index contributed by atoms with van der Waals surface area (Å²) in [5.74, 6) is -0.230. The van der Waals surface area contributed by atoms with Gasteiger partial charge in [0.2, 0.25) is 5.91 Å². The average molecular weight is 492 g/mol. The van der Waals surface area contributed by atoms with Crippen LogP contribution in [0.15, 0.2) is 77.6 Å². The molecule has 0 fully saturated rings. The van der Waals surface area contributed by atoms with Crippen LogP contribution in [0, 0.1) is 5.82 Å². The van der Waals surface area contributed by atoms with Crippen LogP contribution < -0.4 is 5.56 Å². The number of rotatable bonds is 8. The first kappa shape index (κ1) is 24.6. The second-order valence-corrected chi connectivity index (χ2v) is 8.91. The van der Waals surface area contributed by atoms with E-state index in [1.165, 1.54) is 22.8 Å². The van der Waals surface area contributed by atoms with E-state index in [9.17, 15) is 14.0 Å². The number of hydrogen-bond acceptors (Lipinski definition) is 3. The van der Waals surface area contributed by atoms with Crippen LogP contribution in [0.1, 0.15) is 44.1 Å². The maximum Gasteiger partial charge on any atom is 0.266 e. The zero-order valence-electron chi connectivity index (χ0n) is 19.7. The highest BCUT2D eigenvalue weighted by molar-refractivity contribution is 6.30. The summed E-state index contributed by atoms with van der Waals surface area (Å²) in [7, 11) is 0. The standard InChI is InChI=1S/C28H27ClFN3O2/c1-3-4-16-32(26(34)17-20-10-6-5-7-11-20)19(2)27-31-25-13-9-8-12-22(25)28(35)33(27)21-14-15-24(30)23(29)18-21/h5-15,18-19H,3-4,16-17H2,1-2H3. The molecule has 7 heteroatoms. The zero-order chi connectivity index (χ0) is 24.9. The van der Waals surface area contributed by atoms with Gasteiger partial charge in [0.15, 0.2) is 0 Å². The Kier molecular flexibility index (Phi) is 7.61. The molecule has 0 N–H and O–H groups in total. The van der Waals surface area contributed by atoms with Gasteiger partial charge in [0.25, 0.3) is 5.56 Å². The van der Waals surface area contributed by atoms with Gasteiger partial charge in [-0.15, -0.1) is 0 Å². The van der Waals surface area contributed by atoms with Crippen molar-refractivity contribution < 1.29 is 9.18 Å². The number of hydrogen-bond donors (Lipinski definition) is 0. The molecule has 5 nitrogen and oxygen atoms in total. The summed E-state index contributed by atoms with van der Waals surface area (Å²) in [6, 6.07) is 20.3. The van der Waals surface area contributed by atoms with Gasteiger partial charge in [0, 0.05) is 6.54 Å². The second-order valence-electron chi connectivity index (χ2n) is 8.51. The Morgan fingerprint density at radius 2 is 1.80 bits per heavy atom. The third kappa shape index (κ3) is 5.28. The maximum atomic E-state index is 13.9. The Morgan fingerprint density at radius 3 is 2.51 bits per heavy atom. The minimum Gasteiger partial charge on any atom is -0.332 e. The molecule has 0 bridgehead atoms. The van der Waals surface area contributed by atoms with E-state index in [-0.39, 0.29) is 22.9 Å². The van der Waals surface area contributed by atoms with E-state index in [0.29, 0.717) is 29.0 Å². The van der Waals surface area contributed by atoms with Gasteiger partial charge in [-0.2, -0.15) is 0 Å². The molecule has 1 unspecified atom stereocenters. The van der Waals surface area contributed by atoms with Crippen molar-refractivity contribution >= 4 is 28.4 Å². The molecule has 3 aromatic carbocycles. The largest absolute Gasteiger partial charge is 0.332 e. The predicted molar refractivity (Wildman–Crippen MR) is 137 cm³/mol. The predicted octanol–water partition coefficient (Wildman–Crippen LogP) is 6.11. The third-order valence-corrected chi connectivity index (χ3v) is 6.36. The number of para-hydroxylation sites is 1. The van der Waals surface area contributed by atoms with Crippen molar-refractivity contribution in [1.29, 1.82) is 0 Å². The van der Waals surface area contributed by atoms with E-state index in [1.54, 1.807) is 23.1 Å². The molecule has 0 aliphatic heterocycles. The van der Waals surface area contributed by atoms with Gasteiger partial charge in [0.1, 0.15) is 11.6 Å². The molecule has 1 aromatic heterocycles. The highest BCUT2D eigenvalue weighted by Gasteiger charge is 2.27. The van der Waals surface area contributed by atoms with Crippen LogP contribution in [0.4, 0.5) is 4.39 Å². The van der Waals surface area contributed by atoms with E-state index in [0.717, 1.165) is 18.4 Å². The Hall–Kier alpha value is -3.51. The molecule has 0 saturated heterocycles. The molecule has 1 atom stereocenters. The fourth-order valence-electron chi connectivity index (χ4n) is 4.18. The van der Waals surface area contributed by atoms with Crippen LogP contribution >= 0.6 is 11.6 Å². The number of aromatic nitrogens is 2. The molecular weight excluding hydrogens is 465 g/mol. The lowest BCUT2D eigenvalue weighted by molar-refractivity contribution is -0.132. The van der Waals surface area contributed by atoms with Crippen molar-refractivity contribution in [3.05, 3.63) is 105 Å². The van der Waals surface area contributed by atoms with E-state index in [2.05, 4.69) is 6.92 Å². The van der Waals surface area contributed by atoms with Crippen molar-refractivity contribution in [2.45, 2.75) is 39.2 Å². The van der Waals surface area contributed by atoms with Gasteiger partial charge in [-0.3, -0.25) is 14.2 Å². The van der Waals surface area contributed by atoms with Crippen LogP contribution in [0.2, 0.25) is 5.02 Å². The summed E-state index contributed by atoms with van der Waals surface area (Å²) in [5, 5.41) is 0.337. The van der Waals surface area contributed by atoms with Gasteiger partial charge in [-0.05, 0) is 49.2 Å². The molecule has 35 heavy (non-hydrogen) atoms. The summed E-state index contributed by atoms with van der Waals surface area (Å²) in [6.45, 7) is 4.46. The number of carbonyl (C=O) groups excluding carboxylic acids is 1. The molecule has 1 heterocycles. The molecule has 0 aliphatic carbocycles. The van der Waals surface area contributed by atoms with Crippen molar-refractivity contribution in [3.8, 4) is 5.69 Å². The molecule has 0 radical (unpaired) electrons. The Morgan fingerprint density at radius 1 is 1.09 bits per heavy atom. The summed E-state index contributed by atoms with van der Waals surface area (Å²) in [6.07, 6.45) is 1.97. The number of benzene rings is 3. The molecule has 0 spiro atoms. The number of carbonyl (C=O) groups is 1. The summed E-state index contributed by atoms with van der Waals surface area (Å²) in [5.41, 5.74) is 1.55. The summed E-state index contributed by atoms with van der Waals surface area (Å²) in [4.78, 5) is 33.7. The molecule has 0 aliphatic rings. The lowest BCUT2D eigenvalue weighted by atomic mass is 10.1. The van der Waals surface area contributed by atoms with E-state index in [1.807, 2.05) is 43.3 Å². The number of nitrogens with zero attached hydrogens (tertiary/aromatic N) is 3. The fourth-order valence-corrected chi connectivity index (χ4v) is 4.35. The zero-order valence-corrected chi connectivity index (χ0v) is 20.5. The van der Waals surface area contributed by atoms with E-state index in [4.69, 9.17) is 16.6 Å². The van der Waals surface area contributed by atoms with Crippen LogP contribution in [-0.2, 0) is 11.2 Å². The van der Waals surface area contributed by atoms with E-state index < -0.39 is 11.9 Å². The third-order valence-electron chi connectivity index (χ3n) is 6.08. The molecule has 1 amide bonds. The topological polar surface area (TPSA) is 55.2 Å². The number of fused-ring (bicyclic) bond motifs is 1.